The summed E-state index contributed by atoms with van der Waals surface area (Å²) in [6, 6.07) is 21.3. The Morgan fingerprint density at radius 3 is 2.46 bits per heavy atom. The average molecular weight is 378 g/mol. The highest BCUT2D eigenvalue weighted by atomic mass is 16.6. The normalized spacial score (nSPS) is 10.2. The van der Waals surface area contributed by atoms with E-state index in [4.69, 9.17) is 9.47 Å². The predicted octanol–water partition coefficient (Wildman–Crippen LogP) is 4.29. The Kier molecular flexibility index (Phi) is 5.86. The molecule has 3 aromatic rings. The van der Waals surface area contributed by atoms with E-state index < -0.39 is 4.92 Å². The number of hydrogen-bond acceptors (Lipinski definition) is 5. The maximum Gasteiger partial charge on any atom is 0.311 e. The zero-order chi connectivity index (χ0) is 19.9. The quantitative estimate of drug-likeness (QED) is 0.489. The van der Waals surface area contributed by atoms with E-state index in [-0.39, 0.29) is 24.0 Å². The van der Waals surface area contributed by atoms with Crippen molar-refractivity contribution in [3.8, 4) is 22.6 Å². The van der Waals surface area contributed by atoms with E-state index in [0.29, 0.717) is 11.4 Å². The molecule has 142 valence electrons. The Hall–Kier alpha value is -3.87. The van der Waals surface area contributed by atoms with Gasteiger partial charge < -0.3 is 14.8 Å². The Morgan fingerprint density at radius 1 is 1.04 bits per heavy atom. The highest BCUT2D eigenvalue weighted by Crippen LogP contribution is 2.31. The maximum absolute atomic E-state index is 12.3. The molecule has 1 N–H and O–H groups in total. The van der Waals surface area contributed by atoms with E-state index in [9.17, 15) is 14.9 Å². The topological polar surface area (TPSA) is 90.7 Å². The van der Waals surface area contributed by atoms with Crippen LogP contribution in [0.1, 0.15) is 0 Å². The van der Waals surface area contributed by atoms with Gasteiger partial charge in [0.15, 0.2) is 6.61 Å². The highest BCUT2D eigenvalue weighted by Gasteiger charge is 2.16. The smallest absolute Gasteiger partial charge is 0.311 e. The van der Waals surface area contributed by atoms with Crippen LogP contribution < -0.4 is 14.8 Å². The molecule has 7 heteroatoms. The van der Waals surface area contributed by atoms with Gasteiger partial charge in [0.05, 0.1) is 12.0 Å². The highest BCUT2D eigenvalue weighted by molar-refractivity contribution is 5.96. The largest absolute Gasteiger partial charge is 0.490 e. The average Bonchev–Trinajstić information content (AvgIpc) is 2.73. The zero-order valence-corrected chi connectivity index (χ0v) is 15.1. The van der Waals surface area contributed by atoms with Crippen molar-refractivity contribution in [1.82, 2.24) is 0 Å². The van der Waals surface area contributed by atoms with Crippen molar-refractivity contribution >= 4 is 17.3 Å². The van der Waals surface area contributed by atoms with Crippen LogP contribution in [0.3, 0.4) is 0 Å². The second-order valence-electron chi connectivity index (χ2n) is 5.84. The molecule has 0 bridgehead atoms. The number of nitrogens with one attached hydrogen (secondary N) is 1. The summed E-state index contributed by atoms with van der Waals surface area (Å²) in [5.41, 5.74) is 2.38. The summed E-state index contributed by atoms with van der Waals surface area (Å²) in [5, 5.41) is 13.8. The molecule has 3 rings (SSSR count). The first-order valence-electron chi connectivity index (χ1n) is 8.48. The van der Waals surface area contributed by atoms with Crippen molar-refractivity contribution in [2.75, 3.05) is 19.0 Å². The molecule has 1 amide bonds. The number of benzene rings is 3. The number of para-hydroxylation sites is 1. The molecule has 0 aliphatic rings. The van der Waals surface area contributed by atoms with Crippen LogP contribution in [0.5, 0.6) is 11.5 Å². The summed E-state index contributed by atoms with van der Waals surface area (Å²) < 4.78 is 10.4. The van der Waals surface area contributed by atoms with E-state index >= 15 is 0 Å². The lowest BCUT2D eigenvalue weighted by molar-refractivity contribution is -0.385. The van der Waals surface area contributed by atoms with Crippen LogP contribution in [-0.4, -0.2) is 24.5 Å². The van der Waals surface area contributed by atoms with Crippen molar-refractivity contribution in [1.29, 1.82) is 0 Å². The van der Waals surface area contributed by atoms with Crippen molar-refractivity contribution in [2.45, 2.75) is 0 Å². The van der Waals surface area contributed by atoms with Crippen LogP contribution in [0.15, 0.2) is 72.8 Å². The van der Waals surface area contributed by atoms with Crippen LogP contribution in [0.2, 0.25) is 0 Å². The standard InChI is InChI=1S/C21H18N2O5/c1-27-20-13-16(11-12-19(20)23(25)26)28-14-21(24)22-18-10-6-5-9-17(18)15-7-3-2-4-8-15/h2-13H,14H2,1H3,(H,22,24). The number of nitrogens with zero attached hydrogens (tertiary/aromatic N) is 1. The van der Waals surface area contributed by atoms with Gasteiger partial charge >= 0.3 is 5.69 Å². The number of hydrogen-bond donors (Lipinski definition) is 1. The fraction of sp³-hybridized carbons (Fsp3) is 0.0952. The summed E-state index contributed by atoms with van der Waals surface area (Å²) in [5.74, 6) is 0.0203. The summed E-state index contributed by atoms with van der Waals surface area (Å²) >= 11 is 0. The Labute approximate surface area is 161 Å². The molecule has 0 heterocycles. The first-order chi connectivity index (χ1) is 13.6. The first kappa shape index (κ1) is 18.9. The van der Waals surface area contributed by atoms with E-state index in [2.05, 4.69) is 5.32 Å². The number of rotatable bonds is 7. The second-order valence-corrected chi connectivity index (χ2v) is 5.84. The van der Waals surface area contributed by atoms with Crippen molar-refractivity contribution < 1.29 is 19.2 Å². The van der Waals surface area contributed by atoms with Gasteiger partial charge in [-0.15, -0.1) is 0 Å². The molecule has 0 fully saturated rings. The lowest BCUT2D eigenvalue weighted by atomic mass is 10.0. The van der Waals surface area contributed by atoms with Crippen LogP contribution in [0, 0.1) is 10.1 Å². The van der Waals surface area contributed by atoms with Crippen LogP contribution in [0.25, 0.3) is 11.1 Å². The molecule has 0 unspecified atom stereocenters. The van der Waals surface area contributed by atoms with Gasteiger partial charge in [-0.05, 0) is 17.7 Å². The lowest BCUT2D eigenvalue weighted by Crippen LogP contribution is -2.20. The Morgan fingerprint density at radius 2 is 1.75 bits per heavy atom. The van der Waals surface area contributed by atoms with Crippen molar-refractivity contribution in [3.05, 3.63) is 82.9 Å². The third-order valence-corrected chi connectivity index (χ3v) is 4.00. The summed E-state index contributed by atoms with van der Waals surface area (Å²) in [6.45, 7) is -0.246. The molecule has 0 spiro atoms. The van der Waals surface area contributed by atoms with Crippen LogP contribution >= 0.6 is 0 Å². The van der Waals surface area contributed by atoms with Gasteiger partial charge in [0.1, 0.15) is 5.75 Å². The number of nitro benzene ring substituents is 1. The van der Waals surface area contributed by atoms with E-state index in [0.717, 1.165) is 11.1 Å². The molecule has 0 saturated heterocycles. The predicted molar refractivity (Wildman–Crippen MR) is 106 cm³/mol. The first-order valence-corrected chi connectivity index (χ1v) is 8.48. The van der Waals surface area contributed by atoms with Gasteiger partial charge in [0.25, 0.3) is 5.91 Å². The van der Waals surface area contributed by atoms with E-state index in [1.54, 1.807) is 0 Å². The van der Waals surface area contributed by atoms with Crippen molar-refractivity contribution in [3.63, 3.8) is 0 Å². The third-order valence-electron chi connectivity index (χ3n) is 4.00. The van der Waals surface area contributed by atoms with Gasteiger partial charge in [-0.25, -0.2) is 0 Å². The van der Waals surface area contributed by atoms with Crippen molar-refractivity contribution in [2.24, 2.45) is 0 Å². The minimum atomic E-state index is -0.546. The molecule has 28 heavy (non-hydrogen) atoms. The maximum atomic E-state index is 12.3. The fourth-order valence-electron chi connectivity index (χ4n) is 2.70. The van der Waals surface area contributed by atoms with E-state index in [1.807, 2.05) is 54.6 Å². The number of nitro groups is 1. The fourth-order valence-corrected chi connectivity index (χ4v) is 2.70. The molecule has 0 radical (unpaired) electrons. The van der Waals surface area contributed by atoms with Gasteiger partial charge in [-0.1, -0.05) is 48.5 Å². The number of ether oxygens (including phenoxy) is 2. The molecule has 0 aromatic heterocycles. The molecule has 3 aromatic carbocycles. The summed E-state index contributed by atoms with van der Waals surface area (Å²) in [4.78, 5) is 22.7. The molecule has 0 atom stereocenters. The number of anilines is 1. The Bertz CT molecular complexity index is 989. The molecule has 7 nitrogen and oxygen atoms in total. The van der Waals surface area contributed by atoms with Gasteiger partial charge in [-0.3, -0.25) is 14.9 Å². The molecule has 0 aliphatic carbocycles. The third kappa shape index (κ3) is 4.45. The molecule has 0 aliphatic heterocycles. The minimum absolute atomic E-state index is 0.0670. The number of amides is 1. The van der Waals surface area contributed by atoms with Gasteiger partial charge in [-0.2, -0.15) is 0 Å². The number of carbonyl (C=O) groups is 1. The zero-order valence-electron chi connectivity index (χ0n) is 15.1. The van der Waals surface area contributed by atoms with Crippen LogP contribution in [0.4, 0.5) is 11.4 Å². The Balaban J connectivity index is 1.68. The van der Waals surface area contributed by atoms with E-state index in [1.165, 1.54) is 25.3 Å². The molecular weight excluding hydrogens is 360 g/mol. The molecular formula is C21H18N2O5. The second kappa shape index (κ2) is 8.68. The van der Waals surface area contributed by atoms with Gasteiger partial charge in [0.2, 0.25) is 5.75 Å². The minimum Gasteiger partial charge on any atom is -0.490 e. The lowest BCUT2D eigenvalue weighted by Gasteiger charge is -2.12. The molecule has 0 saturated carbocycles. The SMILES string of the molecule is COc1cc(OCC(=O)Nc2ccccc2-c2ccccc2)ccc1[N+](=O)[O-]. The number of carbonyl (C=O) groups excluding carboxylic acids is 1. The summed E-state index contributed by atoms with van der Waals surface area (Å²) in [7, 11) is 1.33. The monoisotopic (exact) mass is 378 g/mol. The van der Waals surface area contributed by atoms with Crippen LogP contribution in [-0.2, 0) is 4.79 Å². The summed E-state index contributed by atoms with van der Waals surface area (Å²) in [6.07, 6.45) is 0. The number of methoxy groups -OCH3 is 1. The van der Waals surface area contributed by atoms with Gasteiger partial charge in [0, 0.05) is 23.4 Å².